The van der Waals surface area contributed by atoms with Crippen LogP contribution in [0.5, 0.6) is 5.75 Å². The van der Waals surface area contributed by atoms with Crippen molar-refractivity contribution in [3.05, 3.63) is 52.7 Å². The molecule has 23 heavy (non-hydrogen) atoms. The Morgan fingerprint density at radius 3 is 2.57 bits per heavy atom. The van der Waals surface area contributed by atoms with Crippen LogP contribution in [0.3, 0.4) is 0 Å². The highest BCUT2D eigenvalue weighted by Crippen LogP contribution is 2.25. The highest BCUT2D eigenvalue weighted by Gasteiger charge is 2.20. The maximum absolute atomic E-state index is 14.2. The molecule has 0 unspecified atom stereocenters. The van der Waals surface area contributed by atoms with Gasteiger partial charge in [-0.25, -0.2) is 9.38 Å². The third-order valence-electron chi connectivity index (χ3n) is 2.86. The molecule has 0 radical (unpaired) electrons. The number of phenolic OH excluding ortho intramolecular Hbond substituents is 1. The lowest BCUT2D eigenvalue weighted by molar-refractivity contribution is 0.467. The first kappa shape index (κ1) is 18.4. The zero-order valence-electron chi connectivity index (χ0n) is 13.9. The molecule has 0 saturated carbocycles. The van der Waals surface area contributed by atoms with Crippen molar-refractivity contribution in [3.63, 3.8) is 0 Å². The van der Waals surface area contributed by atoms with Gasteiger partial charge in [0.05, 0.1) is 23.5 Å². The topological polar surface area (TPSA) is 97.0 Å². The fraction of sp³-hybridized carbons (Fsp3) is 0.294. The average Bonchev–Trinajstić information content (AvgIpc) is 2.61. The van der Waals surface area contributed by atoms with Crippen molar-refractivity contribution in [1.82, 2.24) is 0 Å². The maximum Gasteiger partial charge on any atom is 0.136 e. The second-order valence-corrected chi connectivity index (χ2v) is 4.84. The average molecular weight is 318 g/mol. The summed E-state index contributed by atoms with van der Waals surface area (Å²) in [4.78, 5) is 8.43. The van der Waals surface area contributed by atoms with E-state index in [1.165, 1.54) is 12.1 Å². The number of aliphatic imine (C=N–C) groups is 2. The van der Waals surface area contributed by atoms with Gasteiger partial charge >= 0.3 is 0 Å². The Labute approximate surface area is 135 Å². The molecule has 0 bridgehead atoms. The maximum atomic E-state index is 14.2. The first-order valence-corrected chi connectivity index (χ1v) is 7.41. The minimum absolute atomic E-state index is 0.0000463. The summed E-state index contributed by atoms with van der Waals surface area (Å²) in [7, 11) is 0. The number of aryl methyl sites for hydroxylation is 1. The molecule has 124 valence electrons. The molecule has 1 aromatic rings. The van der Waals surface area contributed by atoms with Crippen molar-refractivity contribution in [3.8, 4) is 5.75 Å². The van der Waals surface area contributed by atoms with Crippen LogP contribution in [0.1, 0.15) is 31.9 Å². The van der Waals surface area contributed by atoms with E-state index in [-0.39, 0.29) is 29.4 Å². The van der Waals surface area contributed by atoms with Gasteiger partial charge in [-0.15, -0.1) is 0 Å². The molecule has 0 fully saturated rings. The van der Waals surface area contributed by atoms with Crippen LogP contribution in [0.2, 0.25) is 0 Å². The van der Waals surface area contributed by atoms with Crippen LogP contribution in [0.15, 0.2) is 45.8 Å². The zero-order valence-corrected chi connectivity index (χ0v) is 13.9. The van der Waals surface area contributed by atoms with Gasteiger partial charge in [0.15, 0.2) is 0 Å². The monoisotopic (exact) mass is 318 g/mol. The number of halogens is 1. The van der Waals surface area contributed by atoms with Crippen molar-refractivity contribution in [1.29, 1.82) is 0 Å². The van der Waals surface area contributed by atoms with Crippen molar-refractivity contribution in [2.45, 2.75) is 27.7 Å². The fourth-order valence-corrected chi connectivity index (χ4v) is 2.03. The summed E-state index contributed by atoms with van der Waals surface area (Å²) < 4.78 is 14.2. The molecular formula is C17H23FN4O. The van der Waals surface area contributed by atoms with E-state index < -0.39 is 5.82 Å². The van der Waals surface area contributed by atoms with Crippen molar-refractivity contribution >= 4 is 11.4 Å². The third-order valence-corrected chi connectivity index (χ3v) is 2.86. The zero-order chi connectivity index (χ0) is 17.6. The molecule has 0 amide bonds. The molecule has 0 atom stereocenters. The van der Waals surface area contributed by atoms with Gasteiger partial charge in [0.25, 0.3) is 0 Å². The van der Waals surface area contributed by atoms with Crippen LogP contribution >= 0.6 is 0 Å². The Morgan fingerprint density at radius 2 is 2.00 bits per heavy atom. The highest BCUT2D eigenvalue weighted by atomic mass is 19.1. The number of aromatic hydroxyl groups is 1. The molecule has 0 saturated heterocycles. The van der Waals surface area contributed by atoms with Crippen molar-refractivity contribution < 1.29 is 9.50 Å². The molecule has 5 N–H and O–H groups in total. The summed E-state index contributed by atoms with van der Waals surface area (Å²) in [5.74, 6) is -0.488. The molecule has 1 aliphatic heterocycles. The predicted octanol–water partition coefficient (Wildman–Crippen LogP) is 2.77. The van der Waals surface area contributed by atoms with E-state index >= 15 is 0 Å². The summed E-state index contributed by atoms with van der Waals surface area (Å²) in [5, 5.41) is 10.1. The Hall–Kier alpha value is -2.63. The number of hydrogen-bond donors (Lipinski definition) is 3. The number of hydrogen-bond acceptors (Lipinski definition) is 5. The van der Waals surface area contributed by atoms with Crippen molar-refractivity contribution in [2.24, 2.45) is 21.5 Å². The Bertz CT molecular complexity index is 676. The summed E-state index contributed by atoms with van der Waals surface area (Å²) in [6.07, 6.45) is 3.15. The molecule has 6 heteroatoms. The summed E-state index contributed by atoms with van der Waals surface area (Å²) in [6.45, 7) is 7.62. The summed E-state index contributed by atoms with van der Waals surface area (Å²) in [6, 6.07) is 2.80. The van der Waals surface area contributed by atoms with Crippen LogP contribution in [0.25, 0.3) is 0 Å². The quantitative estimate of drug-likeness (QED) is 0.782. The van der Waals surface area contributed by atoms with E-state index in [1.54, 1.807) is 26.0 Å². The molecular weight excluding hydrogens is 295 g/mol. The molecule has 1 heterocycles. The lowest BCUT2D eigenvalue weighted by Gasteiger charge is -2.11. The largest absolute Gasteiger partial charge is 0.507 e. The smallest absolute Gasteiger partial charge is 0.136 e. The van der Waals surface area contributed by atoms with Crippen LogP contribution in [-0.4, -0.2) is 23.1 Å². The number of allylic oxidation sites excluding steroid dienone is 2. The van der Waals surface area contributed by atoms with Gasteiger partial charge in [0.1, 0.15) is 17.4 Å². The van der Waals surface area contributed by atoms with E-state index in [2.05, 4.69) is 9.98 Å². The minimum Gasteiger partial charge on any atom is -0.507 e. The molecule has 5 nitrogen and oxygen atoms in total. The van der Waals surface area contributed by atoms with Gasteiger partial charge in [-0.3, -0.25) is 4.99 Å². The molecule has 1 aromatic carbocycles. The van der Waals surface area contributed by atoms with Gasteiger partial charge < -0.3 is 16.6 Å². The third kappa shape index (κ3) is 4.67. The highest BCUT2D eigenvalue weighted by molar-refractivity contribution is 6.52. The van der Waals surface area contributed by atoms with E-state index in [0.717, 1.165) is 0 Å². The Balaban J connectivity index is 0.00000127. The number of phenols is 1. The van der Waals surface area contributed by atoms with Gasteiger partial charge in [-0.1, -0.05) is 13.8 Å². The predicted molar refractivity (Wildman–Crippen MR) is 93.2 cm³/mol. The van der Waals surface area contributed by atoms with Crippen LogP contribution in [0, 0.1) is 12.7 Å². The summed E-state index contributed by atoms with van der Waals surface area (Å²) in [5.41, 5.74) is 13.0. The van der Waals surface area contributed by atoms with Gasteiger partial charge in [0, 0.05) is 5.70 Å². The normalized spacial score (nSPS) is 14.8. The molecule has 2 rings (SSSR count). The second-order valence-electron chi connectivity index (χ2n) is 4.84. The minimum atomic E-state index is -0.567. The van der Waals surface area contributed by atoms with Gasteiger partial charge in [0.2, 0.25) is 0 Å². The van der Waals surface area contributed by atoms with Crippen LogP contribution in [-0.2, 0) is 0 Å². The fourth-order valence-electron chi connectivity index (χ4n) is 2.03. The van der Waals surface area contributed by atoms with E-state index in [4.69, 9.17) is 11.5 Å². The lowest BCUT2D eigenvalue weighted by Crippen LogP contribution is -2.18. The van der Waals surface area contributed by atoms with E-state index in [9.17, 15) is 9.50 Å². The number of rotatable bonds is 2. The van der Waals surface area contributed by atoms with Gasteiger partial charge in [-0.2, -0.15) is 0 Å². The van der Waals surface area contributed by atoms with Crippen LogP contribution in [0.4, 0.5) is 4.39 Å². The molecule has 0 aliphatic carbocycles. The lowest BCUT2D eigenvalue weighted by atomic mass is 10.0. The Morgan fingerprint density at radius 1 is 1.35 bits per heavy atom. The van der Waals surface area contributed by atoms with E-state index in [0.29, 0.717) is 17.0 Å². The summed E-state index contributed by atoms with van der Waals surface area (Å²) >= 11 is 0. The number of nitrogens with zero attached hydrogens (tertiary/aromatic N) is 2. The van der Waals surface area contributed by atoms with Crippen molar-refractivity contribution in [2.75, 3.05) is 6.54 Å². The Kier molecular flexibility index (Phi) is 6.50. The first-order valence-electron chi connectivity index (χ1n) is 7.41. The molecule has 0 aromatic heterocycles. The number of nitrogens with two attached hydrogens (primary N) is 2. The first-order chi connectivity index (χ1) is 10.9. The standard InChI is InChI=1S/C15H17FN4O.C2H6/c1-8-5-10(16)14(12(21)6-8)15-11(7-9(2)17)20-13(18)3-4-19-15;1-2/h3,5-7,21H,4,17-18H2,1-2H3;1-2H3/b9-7-;. The van der Waals surface area contributed by atoms with Gasteiger partial charge in [-0.05, 0) is 43.7 Å². The second kappa shape index (κ2) is 8.12. The number of benzene rings is 1. The molecule has 1 aliphatic rings. The molecule has 0 spiro atoms. The van der Waals surface area contributed by atoms with E-state index in [1.807, 2.05) is 13.8 Å². The SMILES string of the molecule is C/C(N)=C/C1=NC(N)=CCN=C1c1c(O)cc(C)cc1F.CC. The van der Waals surface area contributed by atoms with Crippen LogP contribution < -0.4 is 11.5 Å².